The number of nitrogens with zero attached hydrogens (tertiary/aromatic N) is 2. The largest absolute Gasteiger partial charge is 0.305 e. The summed E-state index contributed by atoms with van der Waals surface area (Å²) in [5, 5.41) is 7.74. The van der Waals surface area contributed by atoms with Crippen LogP contribution in [0.15, 0.2) is 24.9 Å². The zero-order chi connectivity index (χ0) is 10.6. The second kappa shape index (κ2) is 4.96. The number of rotatable bonds is 5. The molecule has 0 aliphatic carbocycles. The van der Waals surface area contributed by atoms with E-state index in [9.17, 15) is 0 Å². The van der Waals surface area contributed by atoms with Crippen LogP contribution >= 0.6 is 0 Å². The van der Waals surface area contributed by atoms with Gasteiger partial charge < -0.3 is 5.32 Å². The van der Waals surface area contributed by atoms with Crippen molar-refractivity contribution >= 4 is 0 Å². The van der Waals surface area contributed by atoms with Gasteiger partial charge in [0.1, 0.15) is 0 Å². The fourth-order valence-corrected chi connectivity index (χ4v) is 1.11. The third kappa shape index (κ3) is 3.00. The minimum absolute atomic E-state index is 0.333. The lowest BCUT2D eigenvalue weighted by atomic mass is 10.3. The monoisotopic (exact) mass is 193 g/mol. The highest BCUT2D eigenvalue weighted by Crippen LogP contribution is 2.03. The van der Waals surface area contributed by atoms with Crippen LogP contribution in [-0.2, 0) is 6.54 Å². The van der Waals surface area contributed by atoms with Crippen LogP contribution in [0.25, 0.3) is 0 Å². The first-order chi connectivity index (χ1) is 6.63. The minimum Gasteiger partial charge on any atom is -0.305 e. The van der Waals surface area contributed by atoms with Crippen molar-refractivity contribution in [1.29, 1.82) is 0 Å². The number of aromatic nitrogens is 2. The van der Waals surface area contributed by atoms with Crippen molar-refractivity contribution in [1.82, 2.24) is 15.1 Å². The van der Waals surface area contributed by atoms with Gasteiger partial charge in [0.25, 0.3) is 0 Å². The summed E-state index contributed by atoms with van der Waals surface area (Å²) in [6, 6.07) is 2.81. The van der Waals surface area contributed by atoms with Crippen LogP contribution in [0, 0.1) is 0 Å². The molecule has 1 heterocycles. The van der Waals surface area contributed by atoms with Crippen molar-refractivity contribution < 1.29 is 0 Å². The van der Waals surface area contributed by atoms with Crippen molar-refractivity contribution in [2.24, 2.45) is 0 Å². The van der Waals surface area contributed by atoms with E-state index >= 15 is 0 Å². The van der Waals surface area contributed by atoms with Gasteiger partial charge >= 0.3 is 0 Å². The van der Waals surface area contributed by atoms with Crippen LogP contribution in [-0.4, -0.2) is 15.8 Å². The summed E-state index contributed by atoms with van der Waals surface area (Å²) in [6.45, 7) is 10.8. The molecule has 1 aromatic rings. The number of hydrogen-bond acceptors (Lipinski definition) is 2. The van der Waals surface area contributed by atoms with E-state index in [4.69, 9.17) is 0 Å². The fraction of sp³-hybridized carbons (Fsp3) is 0.545. The second-order valence-electron chi connectivity index (χ2n) is 3.79. The summed E-state index contributed by atoms with van der Waals surface area (Å²) in [6.07, 6.45) is 3.90. The molecule has 0 aliphatic heterocycles. The number of nitrogens with one attached hydrogen (secondary N) is 1. The van der Waals surface area contributed by atoms with Crippen LogP contribution < -0.4 is 5.32 Å². The molecule has 0 saturated carbocycles. The summed E-state index contributed by atoms with van der Waals surface area (Å²) in [5.41, 5.74) is 1.08. The van der Waals surface area contributed by atoms with E-state index in [1.807, 2.05) is 23.0 Å². The van der Waals surface area contributed by atoms with E-state index in [0.29, 0.717) is 12.1 Å². The zero-order valence-electron chi connectivity index (χ0n) is 9.20. The molecule has 3 nitrogen and oxygen atoms in total. The third-order valence-electron chi connectivity index (χ3n) is 2.15. The quantitative estimate of drug-likeness (QED) is 0.726. The second-order valence-corrected chi connectivity index (χ2v) is 3.79. The summed E-state index contributed by atoms with van der Waals surface area (Å²) < 4.78 is 1.97. The van der Waals surface area contributed by atoms with Gasteiger partial charge in [-0.3, -0.25) is 4.68 Å². The lowest BCUT2D eigenvalue weighted by Gasteiger charge is -2.07. The van der Waals surface area contributed by atoms with Gasteiger partial charge in [0.2, 0.25) is 0 Å². The molecule has 1 N–H and O–H groups in total. The molecular formula is C11H19N3. The Morgan fingerprint density at radius 1 is 1.57 bits per heavy atom. The minimum atomic E-state index is 0.333. The molecular weight excluding hydrogens is 174 g/mol. The molecule has 14 heavy (non-hydrogen) atoms. The average molecular weight is 193 g/mol. The lowest BCUT2D eigenvalue weighted by molar-refractivity contribution is 0.519. The maximum absolute atomic E-state index is 4.44. The normalized spacial score (nSPS) is 13.1. The molecule has 0 bridgehead atoms. The maximum atomic E-state index is 4.44. The Morgan fingerprint density at radius 2 is 2.29 bits per heavy atom. The first-order valence-corrected chi connectivity index (χ1v) is 5.03. The van der Waals surface area contributed by atoms with Crippen LogP contribution in [0.4, 0.5) is 0 Å². The fourth-order valence-electron chi connectivity index (χ4n) is 1.11. The predicted molar refractivity (Wildman–Crippen MR) is 59.1 cm³/mol. The Morgan fingerprint density at radius 3 is 2.79 bits per heavy atom. The Labute approximate surface area is 85.8 Å². The van der Waals surface area contributed by atoms with Gasteiger partial charge in [-0.2, -0.15) is 5.10 Å². The van der Waals surface area contributed by atoms with E-state index in [0.717, 1.165) is 12.2 Å². The Hall–Kier alpha value is -1.09. The van der Waals surface area contributed by atoms with E-state index < -0.39 is 0 Å². The molecule has 0 aliphatic rings. The van der Waals surface area contributed by atoms with Gasteiger partial charge in [0, 0.05) is 24.8 Å². The van der Waals surface area contributed by atoms with Crippen molar-refractivity contribution in [3.05, 3.63) is 30.6 Å². The summed E-state index contributed by atoms with van der Waals surface area (Å²) >= 11 is 0. The molecule has 0 aromatic carbocycles. The highest BCUT2D eigenvalue weighted by atomic mass is 15.3. The van der Waals surface area contributed by atoms with E-state index in [1.165, 1.54) is 0 Å². The third-order valence-corrected chi connectivity index (χ3v) is 2.15. The van der Waals surface area contributed by atoms with Crippen molar-refractivity contribution in [3.8, 4) is 0 Å². The van der Waals surface area contributed by atoms with Crippen LogP contribution in [0.1, 0.15) is 32.5 Å². The van der Waals surface area contributed by atoms with Gasteiger partial charge in [0.15, 0.2) is 0 Å². The lowest BCUT2D eigenvalue weighted by Crippen LogP contribution is -2.23. The topological polar surface area (TPSA) is 29.9 Å². The van der Waals surface area contributed by atoms with Crippen LogP contribution in [0.3, 0.4) is 0 Å². The van der Waals surface area contributed by atoms with Crippen LogP contribution in [0.5, 0.6) is 0 Å². The summed E-state index contributed by atoms with van der Waals surface area (Å²) in [4.78, 5) is 0. The Balaban J connectivity index is 2.47. The summed E-state index contributed by atoms with van der Waals surface area (Å²) in [7, 11) is 0. The zero-order valence-corrected chi connectivity index (χ0v) is 9.20. The molecule has 0 radical (unpaired) electrons. The predicted octanol–water partition coefficient (Wildman–Crippen LogP) is 2.13. The molecule has 1 aromatic heterocycles. The molecule has 3 heteroatoms. The molecule has 0 spiro atoms. The van der Waals surface area contributed by atoms with Crippen molar-refractivity contribution in [2.45, 2.75) is 39.4 Å². The average Bonchev–Trinajstić information content (AvgIpc) is 2.62. The van der Waals surface area contributed by atoms with Gasteiger partial charge in [-0.15, -0.1) is 6.58 Å². The smallest absolute Gasteiger partial charge is 0.0762 e. The maximum Gasteiger partial charge on any atom is 0.0762 e. The molecule has 78 valence electrons. The van der Waals surface area contributed by atoms with E-state index in [2.05, 4.69) is 37.8 Å². The highest BCUT2D eigenvalue weighted by molar-refractivity contribution is 5.00. The first-order valence-electron chi connectivity index (χ1n) is 5.03. The highest BCUT2D eigenvalue weighted by Gasteiger charge is 2.02. The molecule has 1 atom stereocenters. The van der Waals surface area contributed by atoms with Crippen LogP contribution in [0.2, 0.25) is 0 Å². The van der Waals surface area contributed by atoms with Gasteiger partial charge in [-0.1, -0.05) is 6.08 Å². The van der Waals surface area contributed by atoms with Gasteiger partial charge in [-0.25, -0.2) is 0 Å². The van der Waals surface area contributed by atoms with E-state index in [-0.39, 0.29) is 0 Å². The SMILES string of the molecule is C=CC(C)NCc1ccn(C(C)C)n1. The molecule has 0 saturated heterocycles. The van der Waals surface area contributed by atoms with Gasteiger partial charge in [-0.05, 0) is 26.8 Å². The molecule has 0 amide bonds. The van der Waals surface area contributed by atoms with Crippen molar-refractivity contribution in [3.63, 3.8) is 0 Å². The number of hydrogen-bond donors (Lipinski definition) is 1. The van der Waals surface area contributed by atoms with E-state index in [1.54, 1.807) is 0 Å². The summed E-state index contributed by atoms with van der Waals surface area (Å²) in [5.74, 6) is 0. The van der Waals surface area contributed by atoms with Crippen molar-refractivity contribution in [2.75, 3.05) is 0 Å². The standard InChI is InChI=1S/C11H19N3/c1-5-10(4)12-8-11-6-7-14(13-11)9(2)3/h5-7,9-10,12H,1,8H2,2-4H3. The molecule has 0 fully saturated rings. The van der Waals surface area contributed by atoms with Gasteiger partial charge in [0.05, 0.1) is 5.69 Å². The first kappa shape index (κ1) is 11.0. The Bertz CT molecular complexity index is 288. The Kier molecular flexibility index (Phi) is 3.89. The molecule has 1 rings (SSSR count). The molecule has 1 unspecified atom stereocenters.